The second-order valence-corrected chi connectivity index (χ2v) is 15.4. The summed E-state index contributed by atoms with van der Waals surface area (Å²) in [6, 6.07) is 1.49. The van der Waals surface area contributed by atoms with Gasteiger partial charge in [0, 0.05) is 5.56 Å². The maximum atomic E-state index is 12.7. The summed E-state index contributed by atoms with van der Waals surface area (Å²) in [7, 11) is -2.15. The van der Waals surface area contributed by atoms with Gasteiger partial charge in [-0.25, -0.2) is 4.79 Å². The van der Waals surface area contributed by atoms with Crippen LogP contribution in [0.5, 0.6) is 0 Å². The average molecular weight is 500 g/mol. The van der Waals surface area contributed by atoms with E-state index in [2.05, 4.69) is 0 Å². The molecule has 0 bridgehead atoms. The Morgan fingerprint density at radius 3 is 2.40 bits per heavy atom. The number of carbonyl (C=O) groups excluding carboxylic acids is 2. The fourth-order valence-corrected chi connectivity index (χ4v) is 5.15. The minimum absolute atomic E-state index is 0.0757. The van der Waals surface area contributed by atoms with Gasteiger partial charge in [-0.2, -0.15) is 0 Å². The molecule has 4 atom stereocenters. The molecule has 0 saturated carbocycles. The van der Waals surface area contributed by atoms with Crippen LogP contribution in [0.3, 0.4) is 0 Å². The summed E-state index contributed by atoms with van der Waals surface area (Å²) < 4.78 is 13.6. The zero-order valence-electron chi connectivity index (χ0n) is 17.2. The van der Waals surface area contributed by atoms with E-state index in [0.717, 1.165) is 0 Å². The third-order valence-electron chi connectivity index (χ3n) is 4.87. The third kappa shape index (κ3) is 4.74. The number of rotatable bonds is 5. The lowest BCUT2D eigenvalue weighted by Crippen LogP contribution is -2.60. The molecule has 0 unspecified atom stereocenters. The smallest absolute Gasteiger partial charge is 0.359 e. The first-order valence-electron chi connectivity index (χ1n) is 9.27. The van der Waals surface area contributed by atoms with E-state index in [1.54, 1.807) is 6.92 Å². The van der Waals surface area contributed by atoms with Crippen LogP contribution in [0.1, 0.15) is 19.4 Å². The van der Waals surface area contributed by atoms with Crippen molar-refractivity contribution in [1.82, 2.24) is 0 Å². The molecule has 2 N–H and O–H groups in total. The monoisotopic (exact) mass is 498 g/mol. The first-order chi connectivity index (χ1) is 13.7. The highest BCUT2D eigenvalue weighted by Crippen LogP contribution is 2.43. The Bertz CT molecular complexity index is 840. The van der Waals surface area contributed by atoms with Crippen LogP contribution < -0.4 is 5.38 Å². The summed E-state index contributed by atoms with van der Waals surface area (Å²) in [5.41, 5.74) is -1.68. The molecule has 11 heteroatoms. The minimum atomic E-state index is -2.38. The number of halogens is 3. The van der Waals surface area contributed by atoms with Gasteiger partial charge in [-0.1, -0.05) is 60.5 Å². The Hall–Kier alpha value is -1.03. The molecule has 1 aromatic heterocycles. The van der Waals surface area contributed by atoms with Gasteiger partial charge in [0.25, 0.3) is 3.79 Å². The lowest BCUT2D eigenvalue weighted by atomic mass is 9.70. The van der Waals surface area contributed by atoms with Crippen LogP contribution in [0.15, 0.2) is 28.4 Å². The molecule has 30 heavy (non-hydrogen) atoms. The molecule has 168 valence electrons. The summed E-state index contributed by atoms with van der Waals surface area (Å²) in [6.45, 7) is 9.17. The van der Waals surface area contributed by atoms with Gasteiger partial charge < -0.3 is 24.1 Å². The van der Waals surface area contributed by atoms with Crippen LogP contribution in [0.4, 0.5) is 0 Å². The summed E-state index contributed by atoms with van der Waals surface area (Å²) >= 11 is 16.8. The van der Waals surface area contributed by atoms with Gasteiger partial charge in [-0.05, 0) is 25.5 Å². The van der Waals surface area contributed by atoms with Crippen molar-refractivity contribution in [2.45, 2.75) is 55.1 Å². The van der Waals surface area contributed by atoms with E-state index < -0.39 is 47.5 Å². The van der Waals surface area contributed by atoms with Crippen LogP contribution in [0.2, 0.25) is 19.6 Å². The van der Waals surface area contributed by atoms with Gasteiger partial charge in [0.15, 0.2) is 6.10 Å². The molecule has 0 fully saturated rings. The topological polar surface area (TPSA) is 106 Å². The van der Waals surface area contributed by atoms with E-state index in [-0.39, 0.29) is 12.2 Å². The zero-order valence-corrected chi connectivity index (χ0v) is 20.5. The minimum Gasteiger partial charge on any atom is -0.474 e. The number of furan rings is 1. The second kappa shape index (κ2) is 8.84. The van der Waals surface area contributed by atoms with Crippen molar-refractivity contribution in [2.75, 3.05) is 6.61 Å². The quantitative estimate of drug-likeness (QED) is 0.278. The molecule has 7 nitrogen and oxygen atoms in total. The number of aliphatic hydroxyl groups is 2. The summed E-state index contributed by atoms with van der Waals surface area (Å²) in [5.74, 6) is -3.24. The van der Waals surface area contributed by atoms with Gasteiger partial charge in [0.2, 0.25) is 0 Å². The summed E-state index contributed by atoms with van der Waals surface area (Å²) in [4.78, 5) is 24.8. The molecule has 0 aromatic carbocycles. The number of hydrogen-bond donors (Lipinski definition) is 2. The van der Waals surface area contributed by atoms with Gasteiger partial charge >= 0.3 is 11.9 Å². The second-order valence-electron chi connectivity index (χ2n) is 8.15. The van der Waals surface area contributed by atoms with Crippen molar-refractivity contribution >= 4 is 60.2 Å². The molecule has 0 spiro atoms. The molecule has 1 heterocycles. The Balaban J connectivity index is 2.65. The molecule has 0 amide bonds. The SMILES string of the molecule is CCOC(=O)[C@@H]1C=C(C)[C@@H](OC(=O)C(Cl)(Cl)Cl)[C@@H](O)[C@@]1(O)c1ccoc1[Si](C)(C)C. The Morgan fingerprint density at radius 1 is 1.30 bits per heavy atom. The molecule has 0 radical (unpaired) electrons. The van der Waals surface area contributed by atoms with Crippen LogP contribution >= 0.6 is 34.8 Å². The molecular formula is C19H25Cl3O7Si. The normalized spacial score (nSPS) is 27.4. The maximum Gasteiger partial charge on any atom is 0.359 e. The summed E-state index contributed by atoms with van der Waals surface area (Å²) in [5, 5.41) is 23.5. The van der Waals surface area contributed by atoms with Gasteiger partial charge in [-0.15, -0.1) is 0 Å². The van der Waals surface area contributed by atoms with E-state index in [1.807, 2.05) is 19.6 Å². The van der Waals surface area contributed by atoms with Gasteiger partial charge in [0.05, 0.1) is 18.3 Å². The van der Waals surface area contributed by atoms with Crippen molar-refractivity contribution < 1.29 is 33.7 Å². The van der Waals surface area contributed by atoms with E-state index in [1.165, 1.54) is 25.3 Å². The van der Waals surface area contributed by atoms with Crippen LogP contribution in [-0.4, -0.2) is 52.8 Å². The fourth-order valence-electron chi connectivity index (χ4n) is 3.50. The summed E-state index contributed by atoms with van der Waals surface area (Å²) in [6.07, 6.45) is -0.361. The predicted octanol–water partition coefficient (Wildman–Crippen LogP) is 2.79. The first kappa shape index (κ1) is 25.2. The van der Waals surface area contributed by atoms with Crippen LogP contribution in [0.25, 0.3) is 0 Å². The molecule has 1 aliphatic carbocycles. The molecule has 1 aromatic rings. The highest BCUT2D eigenvalue weighted by molar-refractivity contribution is 6.88. The Labute approximate surface area is 190 Å². The highest BCUT2D eigenvalue weighted by atomic mass is 35.6. The standard InChI is InChI=1S/C19H25Cl3O7Si/c1-6-27-15(24)12-9-10(2)13(29-17(25)19(20,21)22)14(23)18(12,26)11-7-8-28-16(11)30(3,4)5/h7-9,12-14,23,26H,6H2,1-5H3/t12-,13+,14+,18+/m0/s1. The lowest BCUT2D eigenvalue weighted by Gasteiger charge is -2.44. The Kier molecular flexibility index (Phi) is 7.43. The largest absolute Gasteiger partial charge is 0.474 e. The number of aliphatic hydroxyl groups excluding tert-OH is 1. The fraction of sp³-hybridized carbons (Fsp3) is 0.579. The zero-order chi connectivity index (χ0) is 23.1. The predicted molar refractivity (Wildman–Crippen MR) is 116 cm³/mol. The van der Waals surface area contributed by atoms with Crippen molar-refractivity contribution in [3.05, 3.63) is 29.5 Å². The maximum absolute atomic E-state index is 12.7. The van der Waals surface area contributed by atoms with E-state index in [0.29, 0.717) is 11.0 Å². The van der Waals surface area contributed by atoms with E-state index in [4.69, 9.17) is 48.7 Å². The number of carbonyl (C=O) groups is 2. The van der Waals surface area contributed by atoms with Crippen molar-refractivity contribution in [3.8, 4) is 0 Å². The number of esters is 2. The number of hydrogen-bond acceptors (Lipinski definition) is 7. The van der Waals surface area contributed by atoms with E-state index >= 15 is 0 Å². The molecule has 1 aliphatic rings. The highest BCUT2D eigenvalue weighted by Gasteiger charge is 2.58. The first-order valence-corrected chi connectivity index (χ1v) is 13.9. The third-order valence-corrected chi connectivity index (χ3v) is 7.09. The molecular weight excluding hydrogens is 475 g/mol. The molecule has 0 aliphatic heterocycles. The Morgan fingerprint density at radius 2 is 1.90 bits per heavy atom. The van der Waals surface area contributed by atoms with Crippen LogP contribution in [0, 0.1) is 5.92 Å². The number of ether oxygens (including phenoxy) is 2. The van der Waals surface area contributed by atoms with Crippen LogP contribution in [-0.2, 0) is 24.7 Å². The van der Waals surface area contributed by atoms with E-state index in [9.17, 15) is 19.8 Å². The average Bonchev–Trinajstić information content (AvgIpc) is 3.11. The lowest BCUT2D eigenvalue weighted by molar-refractivity contribution is -0.189. The van der Waals surface area contributed by atoms with Gasteiger partial charge in [-0.3, -0.25) is 4.79 Å². The number of alkyl halides is 3. The van der Waals surface area contributed by atoms with Crippen molar-refractivity contribution in [2.24, 2.45) is 5.92 Å². The molecule has 2 rings (SSSR count). The van der Waals surface area contributed by atoms with Crippen molar-refractivity contribution in [1.29, 1.82) is 0 Å². The molecule has 0 saturated heterocycles. The van der Waals surface area contributed by atoms with Gasteiger partial charge in [0.1, 0.15) is 25.7 Å². The van der Waals surface area contributed by atoms with Crippen molar-refractivity contribution in [3.63, 3.8) is 0 Å².